The third kappa shape index (κ3) is 137. The van der Waals surface area contributed by atoms with Gasteiger partial charge < -0.3 is 69.1 Å². The standard InChI is InChI=1S/C9H18F3NOSi.C9H29N3Si4.C9H21N3Si3.C8H18F3NOSi2.C8H21NOSi2.C6H15NOSi.2C6H19NSi2.3C6H18NSi2.C4H14INSSi.C3H9ClSi.CH4.K.Li.Na/c1-8(2,3)15(5,6)13(4)7(14)9(10,11)12;1-13(2)9-14(3,4)11-16(7,8)12-15(5,6)10-13;1-7-13(4)10-14(5,8-2)12-15(6,9-3)11-13;1-14(2,3)12-7(8(9,10)11)13-15(4,5)6;1-8(9-11(2,3)4)10-12(5,6)7;1-6(8)7(2)9(3,4)5;5*1-8(2,3)7-9(4,5)6;1-5(2)7-6-8(3)4;1-5(2,3)4;;;;/h1-6H3;10-12H,9H2,1-8H3;7-12H,1-3H2,4-6H3;1-6H3;1-7H3;1-5H3;2*7H,1-6H3;3*1-6H3;6,8H,1-4H3;1-3H3;1H4;;;/q;;;;;;;;3*-1;;;;3*+1. The Kier molecular flexibility index (Phi) is 91.6. The predicted molar refractivity (Wildman–Crippen MR) is 720 cm³/mol. The zero-order valence-electron chi connectivity index (χ0n) is 108. The van der Waals surface area contributed by atoms with Crippen LogP contribution in [0.1, 0.15) is 42.0 Å². The van der Waals surface area contributed by atoms with Crippen molar-refractivity contribution in [3.8, 4) is 0 Å². The Hall–Kier alpha value is 6.23. The van der Waals surface area contributed by atoms with Gasteiger partial charge in [0.15, 0.2) is 55.6 Å². The minimum atomic E-state index is -4.77. The second kappa shape index (κ2) is 72.1. The number of hydrogen-bond acceptors (Lipinski definition) is 16. The average molecular weight is 2660 g/mol. The summed E-state index contributed by atoms with van der Waals surface area (Å²) in [5.41, 5.74) is 7.60. The molecule has 2 saturated heterocycles. The molecule has 0 bridgehead atoms. The first-order valence-corrected chi connectivity index (χ1v) is 140. The molecule has 2 rings (SSSR count). The van der Waals surface area contributed by atoms with Crippen LogP contribution < -0.4 is 141 Å². The summed E-state index contributed by atoms with van der Waals surface area (Å²) in [6.45, 7) is 161. The Morgan fingerprint density at radius 2 is 0.667 bits per heavy atom. The van der Waals surface area contributed by atoms with Gasteiger partial charge >= 0.3 is 182 Å². The molecule has 20 nitrogen and oxygen atoms in total. The topological polar surface area (TPSA) is 234 Å². The second-order valence-electron chi connectivity index (χ2n) is 57.6. The van der Waals surface area contributed by atoms with Crippen molar-refractivity contribution < 1.29 is 145 Å². The van der Waals surface area contributed by atoms with Crippen LogP contribution in [0, 0.1) is 0 Å². The number of hydrogen-bond donors (Lipinski definition) is 9. The molecule has 0 saturated carbocycles. The summed E-state index contributed by atoms with van der Waals surface area (Å²) < 4.78 is 145. The van der Waals surface area contributed by atoms with Crippen LogP contribution in [0.5, 0.6) is 0 Å². The van der Waals surface area contributed by atoms with Crippen LogP contribution in [0.2, 0.25) is 423 Å². The molecule has 2 aliphatic heterocycles. The maximum atomic E-state index is 12.6. The molecular weight excluding hydrogens is 2410 g/mol. The molecule has 0 radical (unpaired) electrons. The van der Waals surface area contributed by atoms with Crippen molar-refractivity contribution in [1.82, 2.24) is 50.7 Å². The molecule has 2 fully saturated rings. The van der Waals surface area contributed by atoms with Crippen LogP contribution in [-0.2, 0) is 18.4 Å². The fourth-order valence-corrected chi connectivity index (χ4v) is 124. The van der Waals surface area contributed by atoms with Crippen molar-refractivity contribution in [2.45, 2.75) is 478 Å². The van der Waals surface area contributed by atoms with Crippen LogP contribution in [0.25, 0.3) is 13.9 Å². The van der Waals surface area contributed by atoms with Crippen molar-refractivity contribution in [3.63, 3.8) is 0 Å². The van der Waals surface area contributed by atoms with Gasteiger partial charge in [-0.3, -0.25) is 18.9 Å². The fourth-order valence-electron chi connectivity index (χ4n) is 14.3. The molecule has 9 N–H and O–H groups in total. The van der Waals surface area contributed by atoms with Gasteiger partial charge in [-0.05, 0) is 135 Å². The van der Waals surface area contributed by atoms with Crippen LogP contribution >= 0.6 is 38.6 Å². The van der Waals surface area contributed by atoms with Gasteiger partial charge in [-0.25, -0.2) is 0 Å². The summed E-state index contributed by atoms with van der Waals surface area (Å²) >= 11 is 5.14. The summed E-state index contributed by atoms with van der Waals surface area (Å²) in [7, 11) is -28.5. The van der Waals surface area contributed by atoms with Crippen LogP contribution in [-0.4, -0.2) is 276 Å². The van der Waals surface area contributed by atoms with Crippen LogP contribution in [0.3, 0.4) is 0 Å². The molecule has 0 aliphatic carbocycles. The molecule has 0 atom stereocenters. The monoisotopic (exact) mass is 2650 g/mol. The number of nitrogens with one attached hydrogen (secondary N) is 9. The van der Waals surface area contributed by atoms with Crippen molar-refractivity contribution >= 4 is 269 Å². The third-order valence-electron chi connectivity index (χ3n) is 16.3. The summed E-state index contributed by atoms with van der Waals surface area (Å²) in [4.78, 5) is 26.6. The molecular formula is C87H241ClF6IKLiN16NaO4SSi25. The first kappa shape index (κ1) is 183. The normalized spacial score (nSPS) is 18.7. The van der Waals surface area contributed by atoms with E-state index in [4.69, 9.17) is 33.9 Å². The molecule has 0 aromatic rings. The maximum Gasteiger partial charge on any atom is 1.00 e. The van der Waals surface area contributed by atoms with Gasteiger partial charge in [0.25, 0.3) is 5.90 Å². The largest absolute Gasteiger partial charge is 1.00 e. The van der Waals surface area contributed by atoms with E-state index in [9.17, 15) is 35.9 Å². The first-order chi connectivity index (χ1) is 59.4. The molecule has 0 unspecified atom stereocenters. The maximum absolute atomic E-state index is 12.6. The zero-order valence-corrected chi connectivity index (χ0v) is 142. The fraction of sp³-hybridized carbons (Fsp3) is 0.885. The molecule has 2 amide bonds. The van der Waals surface area contributed by atoms with E-state index < -0.39 is 249 Å². The molecule has 2 aliphatic rings. The summed E-state index contributed by atoms with van der Waals surface area (Å²) in [6, 6.07) is 0. The molecule has 858 valence electrons. The van der Waals surface area contributed by atoms with Crippen molar-refractivity contribution in [2.75, 3.05) is 24.0 Å². The number of amides is 2. The number of carbonyl (C=O) groups excluding carboxylic acids is 2. The van der Waals surface area contributed by atoms with E-state index in [-0.39, 0.29) is 118 Å². The number of nitrogens with zero attached hydrogens (tertiary/aromatic N) is 7. The zero-order chi connectivity index (χ0) is 117. The van der Waals surface area contributed by atoms with E-state index in [1.807, 2.05) is 48.4 Å². The van der Waals surface area contributed by atoms with Gasteiger partial charge in [0.05, 0.1) is 0 Å². The summed E-state index contributed by atoms with van der Waals surface area (Å²) in [5.74, 6) is -1.72. The van der Waals surface area contributed by atoms with E-state index in [2.05, 4.69) is 458 Å². The Balaban J connectivity index is -0.0000000970. The van der Waals surface area contributed by atoms with E-state index in [1.165, 1.54) is 12.7 Å². The quantitative estimate of drug-likeness (QED) is 0.00717. The van der Waals surface area contributed by atoms with Crippen LogP contribution in [0.15, 0.2) is 46.2 Å². The van der Waals surface area contributed by atoms with Gasteiger partial charge in [-0.15, -0.1) is 19.7 Å². The molecule has 0 aromatic carbocycles. The Labute approximate surface area is 1010 Å². The average Bonchev–Trinajstić information content (AvgIpc) is 0.743. The first-order valence-electron chi connectivity index (χ1n) is 49.7. The number of carbonyl (C=O) groups is 2. The van der Waals surface area contributed by atoms with Crippen molar-refractivity contribution in [3.05, 3.63) is 50.8 Å². The molecule has 0 spiro atoms. The van der Waals surface area contributed by atoms with Gasteiger partial charge in [-0.2, -0.15) is 37.4 Å². The Morgan fingerprint density at radius 3 is 0.785 bits per heavy atom. The number of rotatable bonds is 22. The van der Waals surface area contributed by atoms with E-state index in [0.717, 1.165) is 10.5 Å². The predicted octanol–water partition coefficient (Wildman–Crippen LogP) is 23.5. The molecule has 0 aromatic heterocycles. The van der Waals surface area contributed by atoms with E-state index >= 15 is 0 Å². The smallest absolute Gasteiger partial charge is 0.668 e. The van der Waals surface area contributed by atoms with Gasteiger partial charge in [0.2, 0.25) is 47.7 Å². The van der Waals surface area contributed by atoms with Gasteiger partial charge in [0, 0.05) is 27.9 Å². The molecule has 57 heteroatoms. The second-order valence-corrected chi connectivity index (χ2v) is 185. The Bertz CT molecular complexity index is 3230. The van der Waals surface area contributed by atoms with Gasteiger partial charge in [0.1, 0.15) is 56.8 Å². The molecule has 2 heterocycles. The van der Waals surface area contributed by atoms with Crippen molar-refractivity contribution in [2.24, 2.45) is 9.32 Å². The summed E-state index contributed by atoms with van der Waals surface area (Å²) in [5, 5.41) is -0.289. The summed E-state index contributed by atoms with van der Waals surface area (Å²) in [6.07, 6.45) is -9.25. The van der Waals surface area contributed by atoms with E-state index in [1.54, 1.807) is 59.3 Å². The SMILES string of the molecule is C.C=C[Si]1(C)N[Si](C)(C=C)N[Si](C)(C=C)N1.CC(=N[Si](C)(C)C)O[Si](C)(C)C.CC(=O)N(C)[Si](C)(C)C.CN(C(=O)C(F)(F)F)[Si](C)(C)C(C)(C)C.C[SiH](C)NSI(C)C.C[Si](C)(C)Cl.C[Si](C)(C)N=C(O[Si](C)(C)C)C(F)(F)F.C[Si](C)(C)N[Si](C)(C)C.C[Si](C)(C)N[Si](C)(C)C.C[Si](C)(C)[N-][Si](C)(C)C.C[Si](C)(C)[N-][Si](C)(C)C.C[Si](C)(C)[N-][Si](C)(C)C.C[Si]1(C)C[Si](C)(C)N[Si](C)(C)N[Si](C)(C)N1.[K+].[Li+].[Na+]. The minimum absolute atomic E-state index is 0. The number of alkyl halides is 8. The Morgan fingerprint density at radius 1 is 0.438 bits per heavy atom. The van der Waals surface area contributed by atoms with E-state index in [0.29, 0.717) is 0 Å². The van der Waals surface area contributed by atoms with Gasteiger partial charge in [-0.1, -0.05) is 370 Å². The molecule has 144 heavy (non-hydrogen) atoms. The number of halogens is 8. The van der Waals surface area contributed by atoms with Crippen molar-refractivity contribution in [1.29, 1.82) is 0 Å². The third-order valence-corrected chi connectivity index (χ3v) is 101. The van der Waals surface area contributed by atoms with Crippen LogP contribution in [0.4, 0.5) is 26.3 Å². The minimum Gasteiger partial charge on any atom is -0.668 e.